The Morgan fingerprint density at radius 1 is 1.45 bits per heavy atom. The highest BCUT2D eigenvalue weighted by Crippen LogP contribution is 2.37. The molecule has 1 aliphatic heterocycles. The molecule has 0 spiro atoms. The van der Waals surface area contributed by atoms with Crippen LogP contribution in [0.15, 0.2) is 4.99 Å². The SMILES string of the molecule is CCNC(=NCC1(C)CCCC1)NC1CCC(=O)NC1. The molecule has 20 heavy (non-hydrogen) atoms. The highest BCUT2D eigenvalue weighted by molar-refractivity contribution is 5.81. The second kappa shape index (κ2) is 6.95. The number of nitrogens with zero attached hydrogens (tertiary/aromatic N) is 1. The minimum Gasteiger partial charge on any atom is -0.357 e. The summed E-state index contributed by atoms with van der Waals surface area (Å²) in [5.41, 5.74) is 0.378. The molecule has 1 amide bonds. The highest BCUT2D eigenvalue weighted by atomic mass is 16.1. The van der Waals surface area contributed by atoms with Gasteiger partial charge in [-0.05, 0) is 31.6 Å². The van der Waals surface area contributed by atoms with Crippen LogP contribution in [0.3, 0.4) is 0 Å². The molecular weight excluding hydrogens is 252 g/mol. The molecule has 1 heterocycles. The van der Waals surface area contributed by atoms with E-state index in [0.717, 1.165) is 25.5 Å². The van der Waals surface area contributed by atoms with Crippen molar-refractivity contribution in [1.29, 1.82) is 0 Å². The number of aliphatic imine (C=N–C) groups is 1. The van der Waals surface area contributed by atoms with Crippen molar-refractivity contribution in [3.05, 3.63) is 0 Å². The fourth-order valence-electron chi connectivity index (χ4n) is 3.03. The Morgan fingerprint density at radius 2 is 2.20 bits per heavy atom. The minimum absolute atomic E-state index is 0.156. The van der Waals surface area contributed by atoms with Gasteiger partial charge >= 0.3 is 0 Å². The second-order valence-corrected chi connectivity index (χ2v) is 6.40. The maximum absolute atomic E-state index is 11.2. The molecule has 0 aromatic rings. The Hall–Kier alpha value is -1.26. The zero-order valence-electron chi connectivity index (χ0n) is 12.8. The van der Waals surface area contributed by atoms with Gasteiger partial charge in [0.05, 0.1) is 0 Å². The van der Waals surface area contributed by atoms with Crippen molar-refractivity contribution in [2.24, 2.45) is 10.4 Å². The summed E-state index contributed by atoms with van der Waals surface area (Å²) in [7, 11) is 0. The lowest BCUT2D eigenvalue weighted by molar-refractivity contribution is -0.122. The summed E-state index contributed by atoms with van der Waals surface area (Å²) in [6, 6.07) is 0.293. The third kappa shape index (κ3) is 4.39. The Labute approximate surface area is 122 Å². The summed E-state index contributed by atoms with van der Waals surface area (Å²) in [5, 5.41) is 9.65. The van der Waals surface area contributed by atoms with Gasteiger partial charge in [-0.2, -0.15) is 0 Å². The Kier molecular flexibility index (Phi) is 5.26. The van der Waals surface area contributed by atoms with Crippen molar-refractivity contribution < 1.29 is 4.79 Å². The van der Waals surface area contributed by atoms with Crippen LogP contribution in [0, 0.1) is 5.41 Å². The smallest absolute Gasteiger partial charge is 0.220 e. The van der Waals surface area contributed by atoms with Crippen molar-refractivity contribution in [1.82, 2.24) is 16.0 Å². The average Bonchev–Trinajstić information content (AvgIpc) is 2.86. The topological polar surface area (TPSA) is 65.5 Å². The van der Waals surface area contributed by atoms with Gasteiger partial charge in [0.25, 0.3) is 0 Å². The lowest BCUT2D eigenvalue weighted by Gasteiger charge is -2.26. The fourth-order valence-corrected chi connectivity index (χ4v) is 3.03. The number of nitrogens with one attached hydrogen (secondary N) is 3. The molecule has 1 saturated carbocycles. The van der Waals surface area contributed by atoms with E-state index in [9.17, 15) is 4.79 Å². The molecular formula is C15H28N4O. The third-order valence-corrected chi connectivity index (χ3v) is 4.38. The van der Waals surface area contributed by atoms with Crippen LogP contribution in [0.2, 0.25) is 0 Å². The van der Waals surface area contributed by atoms with Crippen LogP contribution in [0.4, 0.5) is 0 Å². The van der Waals surface area contributed by atoms with Gasteiger partial charge in [0, 0.05) is 32.1 Å². The molecule has 0 bridgehead atoms. The zero-order valence-corrected chi connectivity index (χ0v) is 12.8. The Balaban J connectivity index is 1.87. The second-order valence-electron chi connectivity index (χ2n) is 6.40. The summed E-state index contributed by atoms with van der Waals surface area (Å²) in [4.78, 5) is 15.9. The number of rotatable bonds is 4. The van der Waals surface area contributed by atoms with Gasteiger partial charge in [-0.1, -0.05) is 19.8 Å². The molecule has 2 rings (SSSR count). The number of amides is 1. The third-order valence-electron chi connectivity index (χ3n) is 4.38. The maximum atomic E-state index is 11.2. The molecule has 3 N–H and O–H groups in total. The standard InChI is InChI=1S/C15H28N4O/c1-3-16-14(18-11-15(2)8-4-5-9-15)19-12-6-7-13(20)17-10-12/h12H,3-11H2,1-2H3,(H,17,20)(H2,16,18,19). The van der Waals surface area contributed by atoms with Crippen molar-refractivity contribution in [2.75, 3.05) is 19.6 Å². The van der Waals surface area contributed by atoms with E-state index < -0.39 is 0 Å². The largest absolute Gasteiger partial charge is 0.357 e. The number of hydrogen-bond acceptors (Lipinski definition) is 2. The van der Waals surface area contributed by atoms with Crippen LogP contribution in [-0.2, 0) is 4.79 Å². The summed E-state index contributed by atoms with van der Waals surface area (Å²) < 4.78 is 0. The van der Waals surface area contributed by atoms with Crippen LogP contribution in [-0.4, -0.2) is 37.5 Å². The lowest BCUT2D eigenvalue weighted by Crippen LogP contribution is -2.51. The summed E-state index contributed by atoms with van der Waals surface area (Å²) >= 11 is 0. The number of carbonyl (C=O) groups excluding carboxylic acids is 1. The van der Waals surface area contributed by atoms with Crippen molar-refractivity contribution in [3.8, 4) is 0 Å². The molecule has 1 saturated heterocycles. The van der Waals surface area contributed by atoms with E-state index in [0.29, 0.717) is 24.4 Å². The van der Waals surface area contributed by atoms with Crippen LogP contribution < -0.4 is 16.0 Å². The number of carbonyl (C=O) groups is 1. The minimum atomic E-state index is 0.156. The van der Waals surface area contributed by atoms with Gasteiger partial charge in [-0.15, -0.1) is 0 Å². The van der Waals surface area contributed by atoms with E-state index in [4.69, 9.17) is 4.99 Å². The van der Waals surface area contributed by atoms with E-state index in [1.807, 2.05) is 0 Å². The molecule has 0 aromatic heterocycles. The van der Waals surface area contributed by atoms with E-state index >= 15 is 0 Å². The van der Waals surface area contributed by atoms with Crippen molar-refractivity contribution in [2.45, 2.75) is 58.4 Å². The van der Waals surface area contributed by atoms with Crippen LogP contribution >= 0.6 is 0 Å². The highest BCUT2D eigenvalue weighted by Gasteiger charge is 2.28. The first kappa shape index (κ1) is 15.1. The summed E-state index contributed by atoms with van der Waals surface area (Å²) in [5.74, 6) is 1.05. The molecule has 114 valence electrons. The molecule has 2 fully saturated rings. The Morgan fingerprint density at radius 3 is 2.80 bits per heavy atom. The molecule has 0 aromatic carbocycles. The molecule has 5 nitrogen and oxygen atoms in total. The number of guanidine groups is 1. The maximum Gasteiger partial charge on any atom is 0.220 e. The first-order valence-electron chi connectivity index (χ1n) is 7.93. The van der Waals surface area contributed by atoms with Gasteiger partial charge in [-0.25, -0.2) is 0 Å². The van der Waals surface area contributed by atoms with Crippen molar-refractivity contribution in [3.63, 3.8) is 0 Å². The monoisotopic (exact) mass is 280 g/mol. The fraction of sp³-hybridized carbons (Fsp3) is 0.867. The molecule has 1 aliphatic carbocycles. The van der Waals surface area contributed by atoms with E-state index in [-0.39, 0.29) is 5.91 Å². The predicted octanol–water partition coefficient (Wildman–Crippen LogP) is 1.40. The first-order chi connectivity index (χ1) is 9.61. The summed E-state index contributed by atoms with van der Waals surface area (Å²) in [6.07, 6.45) is 6.74. The lowest BCUT2D eigenvalue weighted by atomic mass is 9.89. The number of piperidine rings is 1. The van der Waals surface area contributed by atoms with Crippen LogP contribution in [0.1, 0.15) is 52.4 Å². The summed E-state index contributed by atoms with van der Waals surface area (Å²) in [6.45, 7) is 6.87. The van der Waals surface area contributed by atoms with Gasteiger partial charge in [0.15, 0.2) is 5.96 Å². The van der Waals surface area contributed by atoms with Gasteiger partial charge in [0.1, 0.15) is 0 Å². The molecule has 5 heteroatoms. The molecule has 1 atom stereocenters. The van der Waals surface area contributed by atoms with E-state index in [1.165, 1.54) is 25.7 Å². The van der Waals surface area contributed by atoms with Gasteiger partial charge in [-0.3, -0.25) is 9.79 Å². The predicted molar refractivity (Wildman–Crippen MR) is 81.7 cm³/mol. The average molecular weight is 280 g/mol. The Bertz CT molecular complexity index is 351. The zero-order chi connectivity index (χ0) is 14.4. The molecule has 2 aliphatic rings. The van der Waals surface area contributed by atoms with Crippen molar-refractivity contribution >= 4 is 11.9 Å². The number of hydrogen-bond donors (Lipinski definition) is 3. The van der Waals surface area contributed by atoms with Crippen LogP contribution in [0.5, 0.6) is 0 Å². The van der Waals surface area contributed by atoms with Gasteiger partial charge in [0.2, 0.25) is 5.91 Å². The first-order valence-corrected chi connectivity index (χ1v) is 7.93. The van der Waals surface area contributed by atoms with E-state index in [2.05, 4.69) is 29.8 Å². The molecule has 0 radical (unpaired) electrons. The van der Waals surface area contributed by atoms with Gasteiger partial charge < -0.3 is 16.0 Å². The quantitative estimate of drug-likeness (QED) is 0.539. The van der Waals surface area contributed by atoms with E-state index in [1.54, 1.807) is 0 Å². The molecule has 1 unspecified atom stereocenters. The van der Waals surface area contributed by atoms with Crippen LogP contribution in [0.25, 0.3) is 0 Å². The normalized spacial score (nSPS) is 26.2.